The Morgan fingerprint density at radius 3 is 2.81 bits per heavy atom. The van der Waals surface area contributed by atoms with Crippen LogP contribution in [0.25, 0.3) is 11.5 Å². The first-order valence-corrected chi connectivity index (χ1v) is 5.15. The van der Waals surface area contributed by atoms with E-state index in [1.54, 1.807) is 6.07 Å². The number of halogens is 1. The molecule has 2 aromatic heterocycles. The van der Waals surface area contributed by atoms with Gasteiger partial charge in [-0.3, -0.25) is 0 Å². The third kappa shape index (κ3) is 1.94. The lowest BCUT2D eigenvalue weighted by Crippen LogP contribution is -2.08. The smallest absolute Gasteiger partial charge is 0.433 e. The molecule has 0 amide bonds. The van der Waals surface area contributed by atoms with E-state index in [1.807, 2.05) is 13.0 Å². The quantitative estimate of drug-likeness (QED) is 0.864. The second-order valence-corrected chi connectivity index (χ2v) is 3.91. The Balaban J connectivity index is 2.42. The van der Waals surface area contributed by atoms with E-state index in [0.29, 0.717) is 5.69 Å². The van der Waals surface area contributed by atoms with E-state index in [4.69, 9.17) is 5.11 Å². The second kappa shape index (κ2) is 4.01. The van der Waals surface area contributed by atoms with Crippen molar-refractivity contribution in [3.05, 3.63) is 28.6 Å². The van der Waals surface area contributed by atoms with Crippen molar-refractivity contribution in [2.75, 3.05) is 0 Å². The monoisotopic (exact) mass is 282 g/mol. The molecular formula is C9H7BrN4O2. The summed E-state index contributed by atoms with van der Waals surface area (Å²) in [5.41, 5.74) is 1.34. The number of carboxylic acid groups (broad SMARTS) is 1. The predicted octanol–water partition coefficient (Wildman–Crippen LogP) is 1.94. The molecule has 0 aliphatic heterocycles. The van der Waals surface area contributed by atoms with Gasteiger partial charge in [0.25, 0.3) is 0 Å². The van der Waals surface area contributed by atoms with Crippen molar-refractivity contribution < 1.29 is 9.90 Å². The van der Waals surface area contributed by atoms with Gasteiger partial charge in [0.1, 0.15) is 12.0 Å². The molecule has 0 fully saturated rings. The fourth-order valence-corrected chi connectivity index (χ4v) is 1.36. The summed E-state index contributed by atoms with van der Waals surface area (Å²) in [5, 5.41) is 12.5. The summed E-state index contributed by atoms with van der Waals surface area (Å²) in [6, 6.07) is 3.54. The Hall–Kier alpha value is -1.76. The molecule has 82 valence electrons. The van der Waals surface area contributed by atoms with Gasteiger partial charge in [-0.25, -0.2) is 14.8 Å². The van der Waals surface area contributed by atoms with Crippen LogP contribution in [0.3, 0.4) is 0 Å². The highest BCUT2D eigenvalue weighted by Crippen LogP contribution is 2.18. The molecule has 7 heteroatoms. The van der Waals surface area contributed by atoms with Crippen LogP contribution in [0.2, 0.25) is 0 Å². The maximum Gasteiger partial charge on any atom is 0.433 e. The van der Waals surface area contributed by atoms with Gasteiger partial charge in [0, 0.05) is 4.47 Å². The van der Waals surface area contributed by atoms with Crippen LogP contribution in [0, 0.1) is 6.92 Å². The van der Waals surface area contributed by atoms with Gasteiger partial charge in [-0.05, 0) is 35.0 Å². The molecule has 2 rings (SSSR count). The molecule has 16 heavy (non-hydrogen) atoms. The Morgan fingerprint density at radius 2 is 2.25 bits per heavy atom. The average Bonchev–Trinajstić information content (AvgIpc) is 2.71. The summed E-state index contributed by atoms with van der Waals surface area (Å²) < 4.78 is 1.63. The minimum atomic E-state index is -1.17. The molecule has 1 N–H and O–H groups in total. The van der Waals surface area contributed by atoms with Crippen LogP contribution in [0.4, 0.5) is 4.79 Å². The first-order chi connectivity index (χ1) is 7.58. The van der Waals surface area contributed by atoms with Gasteiger partial charge in [0.05, 0.1) is 5.69 Å². The van der Waals surface area contributed by atoms with Crippen molar-refractivity contribution in [1.29, 1.82) is 0 Å². The molecule has 0 aromatic carbocycles. The second-order valence-electron chi connectivity index (χ2n) is 3.06. The van der Waals surface area contributed by atoms with Crippen molar-refractivity contribution >= 4 is 22.0 Å². The molecule has 0 saturated carbocycles. The lowest BCUT2D eigenvalue weighted by atomic mass is 10.3. The molecular weight excluding hydrogens is 276 g/mol. The van der Waals surface area contributed by atoms with Crippen LogP contribution in [0.1, 0.15) is 5.69 Å². The van der Waals surface area contributed by atoms with Gasteiger partial charge in [0.2, 0.25) is 0 Å². The van der Waals surface area contributed by atoms with Gasteiger partial charge in [-0.1, -0.05) is 0 Å². The number of rotatable bonds is 1. The largest absolute Gasteiger partial charge is 0.463 e. The summed E-state index contributed by atoms with van der Waals surface area (Å²) in [4.78, 5) is 18.7. The van der Waals surface area contributed by atoms with Crippen LogP contribution in [0.15, 0.2) is 22.9 Å². The molecule has 0 unspecified atom stereocenters. The molecule has 2 heterocycles. The van der Waals surface area contributed by atoms with Crippen molar-refractivity contribution in [2.24, 2.45) is 0 Å². The van der Waals surface area contributed by atoms with Crippen molar-refractivity contribution in [3.8, 4) is 11.5 Å². The lowest BCUT2D eigenvalue weighted by Gasteiger charge is -1.98. The van der Waals surface area contributed by atoms with Crippen LogP contribution in [0.5, 0.6) is 0 Å². The van der Waals surface area contributed by atoms with Gasteiger partial charge in [-0.2, -0.15) is 4.68 Å². The minimum absolute atomic E-state index is 0.290. The Kier molecular flexibility index (Phi) is 2.69. The summed E-state index contributed by atoms with van der Waals surface area (Å²) >= 11 is 3.33. The van der Waals surface area contributed by atoms with Crippen LogP contribution >= 0.6 is 15.9 Å². The van der Waals surface area contributed by atoms with Crippen molar-refractivity contribution in [1.82, 2.24) is 19.7 Å². The first kappa shape index (κ1) is 10.7. The molecule has 0 atom stereocenters. The van der Waals surface area contributed by atoms with Crippen LogP contribution < -0.4 is 0 Å². The summed E-state index contributed by atoms with van der Waals surface area (Å²) in [6.07, 6.45) is -0.0379. The zero-order valence-electron chi connectivity index (χ0n) is 8.25. The van der Waals surface area contributed by atoms with Crippen LogP contribution in [-0.4, -0.2) is 30.9 Å². The van der Waals surface area contributed by atoms with Gasteiger partial charge in [-0.15, -0.1) is 5.10 Å². The SMILES string of the molecule is Cc1nc(-c2ncn(C(=O)O)n2)ccc1Br. The summed E-state index contributed by atoms with van der Waals surface area (Å²) in [7, 11) is 0. The van der Waals surface area contributed by atoms with Crippen molar-refractivity contribution in [3.63, 3.8) is 0 Å². The molecule has 0 aliphatic carbocycles. The van der Waals surface area contributed by atoms with E-state index >= 15 is 0 Å². The van der Waals surface area contributed by atoms with E-state index in [-0.39, 0.29) is 5.82 Å². The fourth-order valence-electron chi connectivity index (χ4n) is 1.14. The molecule has 0 aliphatic rings. The molecule has 2 aromatic rings. The Morgan fingerprint density at radius 1 is 1.50 bits per heavy atom. The number of aryl methyl sites for hydroxylation is 1. The molecule has 6 nitrogen and oxygen atoms in total. The maximum atomic E-state index is 10.6. The molecule has 0 radical (unpaired) electrons. The van der Waals surface area contributed by atoms with E-state index < -0.39 is 6.09 Å². The number of carbonyl (C=O) groups is 1. The number of nitrogens with zero attached hydrogens (tertiary/aromatic N) is 4. The zero-order valence-corrected chi connectivity index (χ0v) is 9.84. The van der Waals surface area contributed by atoms with E-state index in [0.717, 1.165) is 21.2 Å². The lowest BCUT2D eigenvalue weighted by molar-refractivity contribution is 0.192. The molecule has 0 saturated heterocycles. The first-order valence-electron chi connectivity index (χ1n) is 4.36. The van der Waals surface area contributed by atoms with Gasteiger partial charge >= 0.3 is 6.09 Å². The molecule has 0 spiro atoms. The topological polar surface area (TPSA) is 80.9 Å². The van der Waals surface area contributed by atoms with Gasteiger partial charge in [0.15, 0.2) is 5.82 Å². The zero-order chi connectivity index (χ0) is 11.7. The standard InChI is InChI=1S/C9H7BrN4O2/c1-5-6(10)2-3-7(12-5)8-11-4-14(13-8)9(15)16/h2-4H,1H3,(H,15,16). The van der Waals surface area contributed by atoms with E-state index in [1.165, 1.54) is 0 Å². The summed E-state index contributed by atoms with van der Waals surface area (Å²) in [5.74, 6) is 0.290. The third-order valence-electron chi connectivity index (χ3n) is 1.94. The number of hydrogen-bond acceptors (Lipinski definition) is 4. The third-order valence-corrected chi connectivity index (χ3v) is 2.78. The maximum absolute atomic E-state index is 10.6. The number of pyridine rings is 1. The Bertz CT molecular complexity index is 552. The minimum Gasteiger partial charge on any atom is -0.463 e. The van der Waals surface area contributed by atoms with E-state index in [2.05, 4.69) is 31.0 Å². The average molecular weight is 283 g/mol. The van der Waals surface area contributed by atoms with E-state index in [9.17, 15) is 4.79 Å². The highest BCUT2D eigenvalue weighted by Gasteiger charge is 2.10. The normalized spacial score (nSPS) is 10.4. The van der Waals surface area contributed by atoms with Crippen LogP contribution in [-0.2, 0) is 0 Å². The van der Waals surface area contributed by atoms with Crippen molar-refractivity contribution in [2.45, 2.75) is 6.92 Å². The predicted molar refractivity (Wildman–Crippen MR) is 59.1 cm³/mol. The van der Waals surface area contributed by atoms with Gasteiger partial charge < -0.3 is 5.11 Å². The summed E-state index contributed by atoms with van der Waals surface area (Å²) in [6.45, 7) is 1.84. The molecule has 0 bridgehead atoms. The number of aromatic nitrogens is 4. The highest BCUT2D eigenvalue weighted by molar-refractivity contribution is 9.10. The number of hydrogen-bond donors (Lipinski definition) is 1. The highest BCUT2D eigenvalue weighted by atomic mass is 79.9. The Labute approximate surface area is 99.1 Å². The fraction of sp³-hybridized carbons (Fsp3) is 0.111.